The van der Waals surface area contributed by atoms with Crippen molar-refractivity contribution in [2.45, 2.75) is 44.4 Å². The van der Waals surface area contributed by atoms with Crippen LogP contribution in [0.4, 0.5) is 5.82 Å². The molecule has 0 aliphatic carbocycles. The van der Waals surface area contributed by atoms with Gasteiger partial charge in [0.1, 0.15) is 5.76 Å². The van der Waals surface area contributed by atoms with Gasteiger partial charge in [-0.1, -0.05) is 38.1 Å². The predicted octanol–water partition coefficient (Wildman–Crippen LogP) is 2.59. The lowest BCUT2D eigenvalue weighted by molar-refractivity contribution is -0.116. The zero-order chi connectivity index (χ0) is 18.7. The fourth-order valence-corrected chi connectivity index (χ4v) is 3.18. The lowest BCUT2D eigenvalue weighted by Gasteiger charge is -2.19. The number of sulfonamides is 1. The minimum absolute atomic E-state index is 0.00791. The van der Waals surface area contributed by atoms with Crippen molar-refractivity contribution in [3.8, 4) is 0 Å². The Morgan fingerprint density at radius 3 is 2.36 bits per heavy atom. The van der Waals surface area contributed by atoms with Crippen LogP contribution in [0.2, 0.25) is 0 Å². The molecule has 0 aliphatic rings. The molecule has 1 amide bonds. The quantitative estimate of drug-likeness (QED) is 0.819. The van der Waals surface area contributed by atoms with E-state index in [-0.39, 0.29) is 29.2 Å². The summed E-state index contributed by atoms with van der Waals surface area (Å²) >= 11 is 0. The van der Waals surface area contributed by atoms with Crippen LogP contribution < -0.4 is 10.0 Å². The second-order valence-electron chi connectivity index (χ2n) is 6.79. The van der Waals surface area contributed by atoms with Crippen molar-refractivity contribution < 1.29 is 17.7 Å². The summed E-state index contributed by atoms with van der Waals surface area (Å²) in [7, 11) is -3.65. The molecule has 8 heteroatoms. The van der Waals surface area contributed by atoms with Crippen LogP contribution in [0.25, 0.3) is 0 Å². The van der Waals surface area contributed by atoms with Crippen molar-refractivity contribution >= 4 is 21.7 Å². The molecule has 25 heavy (non-hydrogen) atoms. The molecule has 1 heterocycles. The number of carbonyl (C=O) groups excluding carboxylic acids is 1. The van der Waals surface area contributed by atoms with E-state index >= 15 is 0 Å². The topological polar surface area (TPSA) is 101 Å². The van der Waals surface area contributed by atoms with Crippen LogP contribution in [0.1, 0.15) is 38.5 Å². The first kappa shape index (κ1) is 19.1. The third kappa shape index (κ3) is 5.40. The first-order chi connectivity index (χ1) is 11.6. The van der Waals surface area contributed by atoms with Gasteiger partial charge in [0.25, 0.3) is 0 Å². The van der Waals surface area contributed by atoms with E-state index in [2.05, 4.69) is 36.0 Å². The summed E-state index contributed by atoms with van der Waals surface area (Å²) in [6, 6.07) is 8.32. The molecule has 0 spiro atoms. The first-order valence-corrected chi connectivity index (χ1v) is 9.39. The number of rotatable bonds is 6. The summed E-state index contributed by atoms with van der Waals surface area (Å²) in [6.07, 6.45) is -0.00872. The van der Waals surface area contributed by atoms with Gasteiger partial charge in [-0.2, -0.15) is 0 Å². The van der Waals surface area contributed by atoms with Gasteiger partial charge in [-0.15, -0.1) is 0 Å². The van der Waals surface area contributed by atoms with Crippen molar-refractivity contribution in [2.24, 2.45) is 0 Å². The molecule has 0 aliphatic heterocycles. The van der Waals surface area contributed by atoms with E-state index in [0.717, 1.165) is 5.56 Å². The average molecular weight is 365 g/mol. The maximum absolute atomic E-state index is 12.3. The Balaban J connectivity index is 1.89. The number of benzene rings is 1. The summed E-state index contributed by atoms with van der Waals surface area (Å²) in [5, 5.41) is 6.18. The van der Waals surface area contributed by atoms with E-state index in [9.17, 15) is 13.2 Å². The van der Waals surface area contributed by atoms with Crippen LogP contribution in [-0.2, 0) is 20.2 Å². The Hall–Kier alpha value is -2.19. The standard InChI is InChI=1S/C17H23N3O4S/c1-12-11-15(20-24-12)19-16(21)9-10-18-25(22,23)14-7-5-13(6-8-14)17(2,3)4/h5-8,11,18H,9-10H2,1-4H3,(H,19,20,21). The molecule has 0 unspecified atom stereocenters. The van der Waals surface area contributed by atoms with Crippen LogP contribution in [-0.4, -0.2) is 26.0 Å². The zero-order valence-corrected chi connectivity index (χ0v) is 15.6. The fourth-order valence-electron chi connectivity index (χ4n) is 2.15. The number of hydrogen-bond acceptors (Lipinski definition) is 5. The number of nitrogens with one attached hydrogen (secondary N) is 2. The molecular weight excluding hydrogens is 342 g/mol. The number of hydrogen-bond donors (Lipinski definition) is 2. The Labute approximate surface area is 147 Å². The van der Waals surface area contributed by atoms with Gasteiger partial charge in [0, 0.05) is 19.0 Å². The molecule has 2 aromatic rings. The summed E-state index contributed by atoms with van der Waals surface area (Å²) in [5.41, 5.74) is 1.00. The van der Waals surface area contributed by atoms with Crippen molar-refractivity contribution in [3.63, 3.8) is 0 Å². The van der Waals surface area contributed by atoms with Gasteiger partial charge in [0.05, 0.1) is 4.90 Å². The largest absolute Gasteiger partial charge is 0.360 e. The van der Waals surface area contributed by atoms with E-state index in [1.807, 2.05) is 0 Å². The summed E-state index contributed by atoms with van der Waals surface area (Å²) in [5.74, 6) is 0.539. The van der Waals surface area contributed by atoms with E-state index in [4.69, 9.17) is 4.52 Å². The maximum atomic E-state index is 12.3. The second kappa shape index (κ2) is 7.37. The highest BCUT2D eigenvalue weighted by Gasteiger charge is 2.17. The summed E-state index contributed by atoms with van der Waals surface area (Å²) in [4.78, 5) is 11.9. The Bertz CT molecular complexity index is 834. The molecule has 1 aromatic heterocycles. The average Bonchev–Trinajstić information content (AvgIpc) is 2.91. The lowest BCUT2D eigenvalue weighted by Crippen LogP contribution is -2.28. The minimum atomic E-state index is -3.65. The number of aromatic nitrogens is 1. The number of anilines is 1. The molecule has 0 fully saturated rings. The van der Waals surface area contributed by atoms with Crippen molar-refractivity contribution in [2.75, 3.05) is 11.9 Å². The maximum Gasteiger partial charge on any atom is 0.240 e. The molecule has 0 radical (unpaired) electrons. The molecule has 0 saturated carbocycles. The van der Waals surface area contributed by atoms with Crippen LogP contribution in [0.5, 0.6) is 0 Å². The van der Waals surface area contributed by atoms with Crippen LogP contribution >= 0.6 is 0 Å². The SMILES string of the molecule is Cc1cc(NC(=O)CCNS(=O)(=O)c2ccc(C(C)(C)C)cc2)no1. The number of nitrogens with zero attached hydrogens (tertiary/aromatic N) is 1. The molecule has 1 aromatic carbocycles. The Kier molecular flexibility index (Phi) is 5.64. The van der Waals surface area contributed by atoms with Gasteiger partial charge in [-0.25, -0.2) is 13.1 Å². The Morgan fingerprint density at radius 1 is 1.20 bits per heavy atom. The van der Waals surface area contributed by atoms with Gasteiger partial charge in [0.2, 0.25) is 15.9 Å². The smallest absolute Gasteiger partial charge is 0.240 e. The van der Waals surface area contributed by atoms with Gasteiger partial charge < -0.3 is 9.84 Å². The van der Waals surface area contributed by atoms with E-state index in [1.54, 1.807) is 37.3 Å². The van der Waals surface area contributed by atoms with Crippen LogP contribution in [0, 0.1) is 6.92 Å². The molecule has 2 N–H and O–H groups in total. The van der Waals surface area contributed by atoms with Crippen LogP contribution in [0.3, 0.4) is 0 Å². The number of carbonyl (C=O) groups is 1. The molecule has 7 nitrogen and oxygen atoms in total. The molecule has 2 rings (SSSR count). The van der Waals surface area contributed by atoms with Gasteiger partial charge in [-0.3, -0.25) is 4.79 Å². The highest BCUT2D eigenvalue weighted by molar-refractivity contribution is 7.89. The minimum Gasteiger partial charge on any atom is -0.360 e. The van der Waals surface area contributed by atoms with Gasteiger partial charge in [-0.05, 0) is 30.0 Å². The summed E-state index contributed by atoms with van der Waals surface area (Å²) < 4.78 is 31.8. The van der Waals surface area contributed by atoms with Crippen molar-refractivity contribution in [1.82, 2.24) is 9.88 Å². The predicted molar refractivity (Wildman–Crippen MR) is 94.8 cm³/mol. The van der Waals surface area contributed by atoms with Crippen molar-refractivity contribution in [1.29, 1.82) is 0 Å². The normalized spacial score (nSPS) is 12.2. The van der Waals surface area contributed by atoms with Crippen LogP contribution in [0.15, 0.2) is 39.8 Å². The zero-order valence-electron chi connectivity index (χ0n) is 14.8. The third-order valence-electron chi connectivity index (χ3n) is 3.57. The molecule has 136 valence electrons. The monoisotopic (exact) mass is 365 g/mol. The van der Waals surface area contributed by atoms with E-state index < -0.39 is 10.0 Å². The van der Waals surface area contributed by atoms with E-state index in [1.165, 1.54) is 0 Å². The summed E-state index contributed by atoms with van der Waals surface area (Å²) in [6.45, 7) is 7.88. The Morgan fingerprint density at radius 2 is 1.84 bits per heavy atom. The third-order valence-corrected chi connectivity index (χ3v) is 5.05. The highest BCUT2D eigenvalue weighted by atomic mass is 32.2. The molecule has 0 saturated heterocycles. The molecular formula is C17H23N3O4S. The van der Waals surface area contributed by atoms with E-state index in [0.29, 0.717) is 11.6 Å². The number of aryl methyl sites for hydroxylation is 1. The van der Waals surface area contributed by atoms with Gasteiger partial charge in [0.15, 0.2) is 5.82 Å². The number of amides is 1. The van der Waals surface area contributed by atoms with Gasteiger partial charge >= 0.3 is 0 Å². The lowest BCUT2D eigenvalue weighted by atomic mass is 9.87. The van der Waals surface area contributed by atoms with Crippen molar-refractivity contribution in [3.05, 3.63) is 41.7 Å². The second-order valence-corrected chi connectivity index (χ2v) is 8.56. The fraction of sp³-hybridized carbons (Fsp3) is 0.412. The first-order valence-electron chi connectivity index (χ1n) is 7.91. The molecule has 0 bridgehead atoms. The molecule has 0 atom stereocenters. The highest BCUT2D eigenvalue weighted by Crippen LogP contribution is 2.23.